The first-order valence-electron chi connectivity index (χ1n) is 7.26. The number of carbonyl (C=O) groups is 1. The predicted octanol–water partition coefficient (Wildman–Crippen LogP) is 2.21. The van der Waals surface area contributed by atoms with Crippen LogP contribution in [0.25, 0.3) is 0 Å². The second kappa shape index (κ2) is 6.48. The number of rotatable bonds is 3. The lowest BCUT2D eigenvalue weighted by Crippen LogP contribution is -2.30. The third kappa shape index (κ3) is 3.42. The molecule has 4 atom stereocenters. The molecule has 0 amide bonds. The molecule has 2 fully saturated rings. The van der Waals surface area contributed by atoms with Gasteiger partial charge in [0.1, 0.15) is 0 Å². The van der Waals surface area contributed by atoms with E-state index in [-0.39, 0.29) is 23.7 Å². The first-order valence-corrected chi connectivity index (χ1v) is 7.26. The average Bonchev–Trinajstić information content (AvgIpc) is 2.38. The molecule has 0 bridgehead atoms. The molecule has 2 aliphatic rings. The lowest BCUT2D eigenvalue weighted by molar-refractivity contribution is -0.123. The van der Waals surface area contributed by atoms with E-state index in [1.54, 1.807) is 6.08 Å². The molecule has 102 valence electrons. The van der Waals surface area contributed by atoms with Gasteiger partial charge in [0.15, 0.2) is 5.78 Å². The predicted molar refractivity (Wildman–Crippen MR) is 70.1 cm³/mol. The van der Waals surface area contributed by atoms with Crippen LogP contribution in [0.5, 0.6) is 0 Å². The van der Waals surface area contributed by atoms with Gasteiger partial charge in [-0.05, 0) is 31.8 Å². The van der Waals surface area contributed by atoms with Crippen LogP contribution in [-0.2, 0) is 4.79 Å². The third-order valence-corrected chi connectivity index (χ3v) is 4.38. The number of hydrogen-bond acceptors (Lipinski definition) is 3. The molecule has 4 unspecified atom stereocenters. The van der Waals surface area contributed by atoms with E-state index in [4.69, 9.17) is 0 Å². The number of aliphatic hydroxyl groups excluding tert-OH is 2. The Kier molecular flexibility index (Phi) is 4.95. The van der Waals surface area contributed by atoms with Crippen LogP contribution in [0.3, 0.4) is 0 Å². The van der Waals surface area contributed by atoms with Crippen molar-refractivity contribution >= 4 is 5.78 Å². The van der Waals surface area contributed by atoms with Crippen LogP contribution in [0.4, 0.5) is 0 Å². The van der Waals surface area contributed by atoms with Gasteiger partial charge in [-0.2, -0.15) is 0 Å². The largest absolute Gasteiger partial charge is 0.393 e. The van der Waals surface area contributed by atoms with Gasteiger partial charge in [-0.25, -0.2) is 0 Å². The van der Waals surface area contributed by atoms with E-state index < -0.39 is 6.10 Å². The SMILES string of the molecule is O=C(/C=C/C1CCCCC1O)C1CCCCC1O. The number of hydrogen-bond donors (Lipinski definition) is 2. The first kappa shape index (κ1) is 13.8. The Morgan fingerprint density at radius 1 is 0.889 bits per heavy atom. The smallest absolute Gasteiger partial charge is 0.161 e. The van der Waals surface area contributed by atoms with Gasteiger partial charge in [0.05, 0.1) is 12.2 Å². The van der Waals surface area contributed by atoms with E-state index in [9.17, 15) is 15.0 Å². The van der Waals surface area contributed by atoms with Crippen LogP contribution < -0.4 is 0 Å². The molecule has 3 nitrogen and oxygen atoms in total. The molecule has 3 heteroatoms. The van der Waals surface area contributed by atoms with Gasteiger partial charge in [-0.15, -0.1) is 0 Å². The fourth-order valence-corrected chi connectivity index (χ4v) is 3.15. The molecule has 0 aromatic heterocycles. The molecule has 2 rings (SSSR count). The normalized spacial score (nSPS) is 37.9. The highest BCUT2D eigenvalue weighted by Gasteiger charge is 2.28. The molecule has 0 radical (unpaired) electrons. The lowest BCUT2D eigenvalue weighted by atomic mass is 9.82. The number of allylic oxidation sites excluding steroid dienone is 1. The van der Waals surface area contributed by atoms with Gasteiger partial charge < -0.3 is 10.2 Å². The van der Waals surface area contributed by atoms with Gasteiger partial charge >= 0.3 is 0 Å². The van der Waals surface area contributed by atoms with Crippen LogP contribution in [0.1, 0.15) is 51.4 Å². The number of ketones is 1. The summed E-state index contributed by atoms with van der Waals surface area (Å²) < 4.78 is 0. The zero-order chi connectivity index (χ0) is 13.0. The van der Waals surface area contributed by atoms with Crippen molar-refractivity contribution in [3.8, 4) is 0 Å². The summed E-state index contributed by atoms with van der Waals surface area (Å²) in [6.07, 6.45) is 10.4. The molecule has 0 spiro atoms. The Hall–Kier alpha value is -0.670. The molecule has 18 heavy (non-hydrogen) atoms. The highest BCUT2D eigenvalue weighted by Crippen LogP contribution is 2.28. The zero-order valence-electron chi connectivity index (χ0n) is 10.9. The van der Waals surface area contributed by atoms with Crippen molar-refractivity contribution in [3.05, 3.63) is 12.2 Å². The average molecular weight is 252 g/mol. The van der Waals surface area contributed by atoms with E-state index >= 15 is 0 Å². The van der Waals surface area contributed by atoms with E-state index in [2.05, 4.69) is 0 Å². The molecular formula is C15H24O3. The second-order valence-electron chi connectivity index (χ2n) is 5.74. The van der Waals surface area contributed by atoms with Gasteiger partial charge in [0.2, 0.25) is 0 Å². The second-order valence-corrected chi connectivity index (χ2v) is 5.74. The van der Waals surface area contributed by atoms with E-state index in [1.807, 2.05) is 6.08 Å². The highest BCUT2D eigenvalue weighted by atomic mass is 16.3. The summed E-state index contributed by atoms with van der Waals surface area (Å²) in [5.41, 5.74) is 0. The highest BCUT2D eigenvalue weighted by molar-refractivity contribution is 5.92. The molecule has 0 heterocycles. The van der Waals surface area contributed by atoms with Crippen molar-refractivity contribution in [2.24, 2.45) is 11.8 Å². The Balaban J connectivity index is 1.89. The molecule has 2 aliphatic carbocycles. The van der Waals surface area contributed by atoms with Crippen LogP contribution in [0, 0.1) is 11.8 Å². The summed E-state index contributed by atoms with van der Waals surface area (Å²) in [6, 6.07) is 0. The van der Waals surface area contributed by atoms with Gasteiger partial charge in [0.25, 0.3) is 0 Å². The van der Waals surface area contributed by atoms with Crippen LogP contribution in [-0.4, -0.2) is 28.2 Å². The summed E-state index contributed by atoms with van der Waals surface area (Å²) in [5, 5.41) is 19.7. The van der Waals surface area contributed by atoms with Crippen LogP contribution >= 0.6 is 0 Å². The van der Waals surface area contributed by atoms with Crippen molar-refractivity contribution in [3.63, 3.8) is 0 Å². The zero-order valence-corrected chi connectivity index (χ0v) is 10.9. The van der Waals surface area contributed by atoms with Gasteiger partial charge in [-0.1, -0.05) is 31.8 Å². The Morgan fingerprint density at radius 2 is 1.50 bits per heavy atom. The molecule has 0 saturated heterocycles. The van der Waals surface area contributed by atoms with Gasteiger partial charge in [0, 0.05) is 11.8 Å². The quantitative estimate of drug-likeness (QED) is 0.757. The minimum absolute atomic E-state index is 0.0416. The topological polar surface area (TPSA) is 57.5 Å². The molecule has 0 aliphatic heterocycles. The van der Waals surface area contributed by atoms with Crippen LogP contribution in [0.15, 0.2) is 12.2 Å². The monoisotopic (exact) mass is 252 g/mol. The fraction of sp³-hybridized carbons (Fsp3) is 0.800. The van der Waals surface area contributed by atoms with Crippen molar-refractivity contribution in [2.45, 2.75) is 63.6 Å². The number of aliphatic hydroxyl groups is 2. The maximum atomic E-state index is 12.0. The Bertz CT molecular complexity index is 311. The Labute approximate surface area is 109 Å². The van der Waals surface area contributed by atoms with E-state index in [0.29, 0.717) is 0 Å². The fourth-order valence-electron chi connectivity index (χ4n) is 3.15. The van der Waals surface area contributed by atoms with Crippen molar-refractivity contribution in [1.82, 2.24) is 0 Å². The minimum atomic E-state index is -0.466. The molecule has 2 saturated carbocycles. The van der Waals surface area contributed by atoms with E-state index in [0.717, 1.165) is 51.4 Å². The summed E-state index contributed by atoms with van der Waals surface area (Å²) in [6.45, 7) is 0. The third-order valence-electron chi connectivity index (χ3n) is 4.38. The summed E-state index contributed by atoms with van der Waals surface area (Å²) in [7, 11) is 0. The minimum Gasteiger partial charge on any atom is -0.393 e. The standard InChI is InChI=1S/C15H24O3/c16-13-7-3-1-5-11(13)9-10-15(18)12-6-2-4-8-14(12)17/h9-14,16-17H,1-8H2/b10-9+. The van der Waals surface area contributed by atoms with E-state index in [1.165, 1.54) is 0 Å². The van der Waals surface area contributed by atoms with Gasteiger partial charge in [-0.3, -0.25) is 4.79 Å². The Morgan fingerprint density at radius 3 is 2.17 bits per heavy atom. The lowest BCUT2D eigenvalue weighted by Gasteiger charge is -2.26. The molecule has 0 aromatic rings. The van der Waals surface area contributed by atoms with Crippen LogP contribution in [0.2, 0.25) is 0 Å². The number of carbonyl (C=O) groups excluding carboxylic acids is 1. The van der Waals surface area contributed by atoms with Crippen molar-refractivity contribution in [2.75, 3.05) is 0 Å². The molecular weight excluding hydrogens is 228 g/mol. The first-order chi connectivity index (χ1) is 8.68. The summed E-state index contributed by atoms with van der Waals surface area (Å²) in [4.78, 5) is 12.0. The molecule has 2 N–H and O–H groups in total. The van der Waals surface area contributed by atoms with Crippen molar-refractivity contribution in [1.29, 1.82) is 0 Å². The van der Waals surface area contributed by atoms with Crippen molar-refractivity contribution < 1.29 is 15.0 Å². The maximum Gasteiger partial charge on any atom is 0.161 e. The summed E-state index contributed by atoms with van der Waals surface area (Å²) in [5.74, 6) is -0.0425. The maximum absolute atomic E-state index is 12.0. The molecule has 0 aromatic carbocycles. The summed E-state index contributed by atoms with van der Waals surface area (Å²) >= 11 is 0.